The lowest BCUT2D eigenvalue weighted by Crippen LogP contribution is -2.30. The summed E-state index contributed by atoms with van der Waals surface area (Å²) in [5.41, 5.74) is 0. The van der Waals surface area contributed by atoms with Crippen molar-refractivity contribution in [3.05, 3.63) is 115 Å². The SMILES string of the molecule is ClP(c1ccccc1)c1ccccc1P(c1ccccc1)c1ccccc1. The molecule has 0 spiro atoms. The number of halogens is 1. The second kappa shape index (κ2) is 8.81. The quantitative estimate of drug-likeness (QED) is 0.409. The minimum absolute atomic E-state index is 0.658. The summed E-state index contributed by atoms with van der Waals surface area (Å²) < 4.78 is 0. The highest BCUT2D eigenvalue weighted by Crippen LogP contribution is 2.42. The molecule has 4 aromatic carbocycles. The number of benzene rings is 4. The molecule has 0 N–H and O–H groups in total. The fourth-order valence-electron chi connectivity index (χ4n) is 3.10. The molecule has 1 unspecified atom stereocenters. The standard InChI is InChI=1S/C24H19ClP2/c25-27(22-16-8-3-9-17-22)24-19-11-10-18-23(24)26(20-12-4-1-5-13-20)21-14-6-2-7-15-21/h1-19H. The lowest BCUT2D eigenvalue weighted by atomic mass is 10.3. The molecule has 0 saturated heterocycles. The van der Waals surface area contributed by atoms with Crippen molar-refractivity contribution in [3.8, 4) is 0 Å². The van der Waals surface area contributed by atoms with Gasteiger partial charge in [-0.2, -0.15) is 0 Å². The largest absolute Gasteiger partial charge is 0.0858 e. The van der Waals surface area contributed by atoms with Crippen LogP contribution in [0.2, 0.25) is 0 Å². The molecule has 0 aliphatic carbocycles. The Bertz CT molecular complexity index is 949. The van der Waals surface area contributed by atoms with Crippen molar-refractivity contribution in [1.29, 1.82) is 0 Å². The molecule has 132 valence electrons. The van der Waals surface area contributed by atoms with Crippen molar-refractivity contribution in [1.82, 2.24) is 0 Å². The van der Waals surface area contributed by atoms with Crippen molar-refractivity contribution >= 4 is 53.0 Å². The van der Waals surface area contributed by atoms with E-state index in [-0.39, 0.29) is 0 Å². The zero-order valence-electron chi connectivity index (χ0n) is 14.7. The predicted molar refractivity (Wildman–Crippen MR) is 124 cm³/mol. The van der Waals surface area contributed by atoms with Gasteiger partial charge in [0.2, 0.25) is 0 Å². The molecule has 27 heavy (non-hydrogen) atoms. The molecule has 4 rings (SSSR count). The molecule has 0 radical (unpaired) electrons. The fourth-order valence-corrected chi connectivity index (χ4v) is 8.19. The minimum atomic E-state index is -0.916. The summed E-state index contributed by atoms with van der Waals surface area (Å²) >= 11 is 7.03. The van der Waals surface area contributed by atoms with Crippen LogP contribution < -0.4 is 26.5 Å². The molecule has 0 aliphatic heterocycles. The van der Waals surface area contributed by atoms with Crippen molar-refractivity contribution < 1.29 is 0 Å². The van der Waals surface area contributed by atoms with E-state index in [1.165, 1.54) is 26.5 Å². The Morgan fingerprint density at radius 1 is 0.407 bits per heavy atom. The van der Waals surface area contributed by atoms with Crippen LogP contribution >= 0.6 is 26.4 Å². The fraction of sp³-hybridized carbons (Fsp3) is 0. The Kier molecular flexibility index (Phi) is 6.00. The first-order valence-electron chi connectivity index (χ1n) is 8.85. The van der Waals surface area contributed by atoms with Crippen LogP contribution in [0.25, 0.3) is 0 Å². The van der Waals surface area contributed by atoms with Gasteiger partial charge in [-0.1, -0.05) is 127 Å². The van der Waals surface area contributed by atoms with E-state index in [1.54, 1.807) is 0 Å². The number of hydrogen-bond acceptors (Lipinski definition) is 0. The second-order valence-electron chi connectivity index (χ2n) is 6.11. The van der Waals surface area contributed by atoms with Crippen LogP contribution in [-0.2, 0) is 0 Å². The van der Waals surface area contributed by atoms with E-state index >= 15 is 0 Å². The minimum Gasteiger partial charge on any atom is -0.0858 e. The zero-order valence-corrected chi connectivity index (χ0v) is 17.3. The van der Waals surface area contributed by atoms with Gasteiger partial charge in [-0.15, -0.1) is 0 Å². The van der Waals surface area contributed by atoms with Gasteiger partial charge < -0.3 is 0 Å². The maximum atomic E-state index is 7.03. The Balaban J connectivity index is 1.87. The van der Waals surface area contributed by atoms with Crippen LogP contribution in [0.3, 0.4) is 0 Å². The van der Waals surface area contributed by atoms with Gasteiger partial charge in [0.05, 0.1) is 7.27 Å². The normalized spacial score (nSPS) is 12.1. The van der Waals surface area contributed by atoms with Gasteiger partial charge in [0.15, 0.2) is 0 Å². The molecule has 0 bridgehead atoms. The van der Waals surface area contributed by atoms with Gasteiger partial charge in [0, 0.05) is 5.30 Å². The predicted octanol–water partition coefficient (Wildman–Crippen LogP) is 5.03. The van der Waals surface area contributed by atoms with E-state index in [1.807, 2.05) is 6.07 Å². The first kappa shape index (κ1) is 18.4. The Labute approximate surface area is 168 Å². The Morgan fingerprint density at radius 2 is 0.778 bits per heavy atom. The summed E-state index contributed by atoms with van der Waals surface area (Å²) in [6.45, 7) is 0. The maximum Gasteiger partial charge on any atom is 0.0530 e. The molecule has 1 atom stereocenters. The van der Waals surface area contributed by atoms with Crippen molar-refractivity contribution in [2.45, 2.75) is 0 Å². The third-order valence-corrected chi connectivity index (χ3v) is 9.72. The summed E-state index contributed by atoms with van der Waals surface area (Å²) in [4.78, 5) is 0. The second-order valence-corrected chi connectivity index (χ2v) is 10.9. The first-order chi connectivity index (χ1) is 13.3. The van der Waals surface area contributed by atoms with Gasteiger partial charge in [-0.3, -0.25) is 0 Å². The average Bonchev–Trinajstić information content (AvgIpc) is 2.76. The Morgan fingerprint density at radius 3 is 1.26 bits per heavy atom. The molecule has 0 nitrogen and oxygen atoms in total. The molecule has 0 aromatic heterocycles. The third kappa shape index (κ3) is 4.15. The van der Waals surface area contributed by atoms with Crippen LogP contribution in [0.1, 0.15) is 0 Å². The van der Waals surface area contributed by atoms with E-state index in [4.69, 9.17) is 11.2 Å². The molecule has 0 amide bonds. The summed E-state index contributed by atoms with van der Waals surface area (Å²) in [6.07, 6.45) is 0. The van der Waals surface area contributed by atoms with Gasteiger partial charge in [0.1, 0.15) is 0 Å². The molecule has 0 saturated carbocycles. The van der Waals surface area contributed by atoms with E-state index in [9.17, 15) is 0 Å². The van der Waals surface area contributed by atoms with Crippen LogP contribution in [0.5, 0.6) is 0 Å². The van der Waals surface area contributed by atoms with Crippen LogP contribution in [0.4, 0.5) is 0 Å². The van der Waals surface area contributed by atoms with Gasteiger partial charge in [-0.05, 0) is 29.1 Å². The molecule has 0 aliphatic rings. The summed E-state index contributed by atoms with van der Waals surface area (Å²) in [6, 6.07) is 40.7. The van der Waals surface area contributed by atoms with E-state index in [0.29, 0.717) is 0 Å². The summed E-state index contributed by atoms with van der Waals surface area (Å²) in [5.74, 6) is 0. The zero-order chi connectivity index (χ0) is 18.5. The lowest BCUT2D eigenvalue weighted by molar-refractivity contribution is 1.75. The number of hydrogen-bond donors (Lipinski definition) is 0. The van der Waals surface area contributed by atoms with Gasteiger partial charge in [-0.25, -0.2) is 0 Å². The highest BCUT2D eigenvalue weighted by molar-refractivity contribution is 7.97. The van der Waals surface area contributed by atoms with Crippen molar-refractivity contribution in [2.75, 3.05) is 0 Å². The van der Waals surface area contributed by atoms with Crippen LogP contribution in [0, 0.1) is 0 Å². The molecule has 3 heteroatoms. The monoisotopic (exact) mass is 404 g/mol. The van der Waals surface area contributed by atoms with Gasteiger partial charge >= 0.3 is 0 Å². The van der Waals surface area contributed by atoms with Crippen LogP contribution in [0.15, 0.2) is 115 Å². The van der Waals surface area contributed by atoms with E-state index in [0.717, 1.165) is 0 Å². The topological polar surface area (TPSA) is 0 Å². The van der Waals surface area contributed by atoms with E-state index < -0.39 is 15.2 Å². The van der Waals surface area contributed by atoms with Crippen molar-refractivity contribution in [2.24, 2.45) is 0 Å². The molecule has 0 fully saturated rings. The smallest absolute Gasteiger partial charge is 0.0530 e. The molecule has 0 heterocycles. The third-order valence-electron chi connectivity index (χ3n) is 4.35. The highest BCUT2D eigenvalue weighted by atomic mass is 35.7. The summed E-state index contributed by atoms with van der Waals surface area (Å²) in [7, 11) is -1.57. The molecule has 4 aromatic rings. The van der Waals surface area contributed by atoms with Gasteiger partial charge in [0.25, 0.3) is 0 Å². The molecular formula is C24H19ClP2. The number of rotatable bonds is 5. The lowest BCUT2D eigenvalue weighted by Gasteiger charge is -2.24. The Hall–Kier alpha value is -1.97. The van der Waals surface area contributed by atoms with Crippen molar-refractivity contribution in [3.63, 3.8) is 0 Å². The highest BCUT2D eigenvalue weighted by Gasteiger charge is 2.23. The summed E-state index contributed by atoms with van der Waals surface area (Å²) in [5, 5.41) is 6.48. The average molecular weight is 405 g/mol. The first-order valence-corrected chi connectivity index (χ1v) is 12.4. The molecular weight excluding hydrogens is 386 g/mol. The van der Waals surface area contributed by atoms with Crippen LogP contribution in [-0.4, -0.2) is 0 Å². The van der Waals surface area contributed by atoms with E-state index in [2.05, 4.69) is 109 Å². The maximum absolute atomic E-state index is 7.03.